The summed E-state index contributed by atoms with van der Waals surface area (Å²) < 4.78 is 0. The normalized spacial score (nSPS) is 24.9. The lowest BCUT2D eigenvalue weighted by molar-refractivity contribution is 0.238. The van der Waals surface area contributed by atoms with Gasteiger partial charge in [-0.25, -0.2) is 4.79 Å². The summed E-state index contributed by atoms with van der Waals surface area (Å²) in [5, 5.41) is 6.50. The average Bonchev–Trinajstić information content (AvgIpc) is 2.62. The second kappa shape index (κ2) is 6.05. The van der Waals surface area contributed by atoms with Crippen LogP contribution in [0.1, 0.15) is 26.2 Å². The van der Waals surface area contributed by atoms with Gasteiger partial charge in [0.15, 0.2) is 0 Å². The number of rotatable bonds is 4. The summed E-state index contributed by atoms with van der Waals surface area (Å²) in [5.74, 6) is 0. The van der Waals surface area contributed by atoms with Crippen molar-refractivity contribution in [3.05, 3.63) is 12.2 Å². The van der Waals surface area contributed by atoms with E-state index in [1.165, 1.54) is 6.42 Å². The summed E-state index contributed by atoms with van der Waals surface area (Å²) in [7, 11) is 0. The summed E-state index contributed by atoms with van der Waals surface area (Å²) in [6.07, 6.45) is 5.55. The van der Waals surface area contributed by atoms with Crippen molar-refractivity contribution in [3.63, 3.8) is 0 Å². The predicted molar refractivity (Wildman–Crippen MR) is 66.3 cm³/mol. The van der Waals surface area contributed by atoms with Crippen molar-refractivity contribution in [2.45, 2.75) is 37.5 Å². The van der Waals surface area contributed by atoms with Crippen molar-refractivity contribution >= 4 is 17.8 Å². The van der Waals surface area contributed by atoms with Crippen molar-refractivity contribution < 1.29 is 4.79 Å². The van der Waals surface area contributed by atoms with Crippen molar-refractivity contribution in [2.24, 2.45) is 0 Å². The molecule has 0 saturated heterocycles. The molecule has 1 aliphatic carbocycles. The standard InChI is InChI=1S/C11H20N2OS/c1-8(2)7-12-11(14)13-9-4-5-10(6-9)15-3/h9-10H,1,4-7H2,2-3H3,(H2,12,13,14)/t9-,10-/m1/s1. The molecule has 1 rings (SSSR count). The van der Waals surface area contributed by atoms with Gasteiger partial charge < -0.3 is 10.6 Å². The Morgan fingerprint density at radius 3 is 2.80 bits per heavy atom. The van der Waals surface area contributed by atoms with Gasteiger partial charge in [0, 0.05) is 17.8 Å². The lowest BCUT2D eigenvalue weighted by atomic mass is 10.2. The van der Waals surface area contributed by atoms with Crippen LogP contribution in [0.4, 0.5) is 4.79 Å². The largest absolute Gasteiger partial charge is 0.335 e. The summed E-state index contributed by atoms with van der Waals surface area (Å²) in [4.78, 5) is 11.4. The molecule has 4 heteroatoms. The Kier molecular flexibility index (Phi) is 5.02. The first-order chi connectivity index (χ1) is 7.11. The van der Waals surface area contributed by atoms with Crippen LogP contribution in [0.25, 0.3) is 0 Å². The Labute approximate surface area is 96.1 Å². The topological polar surface area (TPSA) is 41.1 Å². The third-order valence-electron chi connectivity index (χ3n) is 2.60. The molecular formula is C11H20N2OS. The molecule has 3 nitrogen and oxygen atoms in total. The van der Waals surface area contributed by atoms with E-state index in [2.05, 4.69) is 23.5 Å². The smallest absolute Gasteiger partial charge is 0.315 e. The van der Waals surface area contributed by atoms with Crippen LogP contribution in [0.15, 0.2) is 12.2 Å². The minimum atomic E-state index is -0.0650. The van der Waals surface area contributed by atoms with Crippen molar-refractivity contribution in [3.8, 4) is 0 Å². The van der Waals surface area contributed by atoms with Crippen LogP contribution in [0.5, 0.6) is 0 Å². The fourth-order valence-electron chi connectivity index (χ4n) is 1.75. The second-order valence-electron chi connectivity index (χ2n) is 4.15. The third kappa shape index (κ3) is 4.60. The zero-order valence-corrected chi connectivity index (χ0v) is 10.3. The van der Waals surface area contributed by atoms with Crippen LogP contribution in [0, 0.1) is 0 Å². The molecule has 0 aromatic carbocycles. The second-order valence-corrected chi connectivity index (χ2v) is 5.29. The lowest BCUT2D eigenvalue weighted by Crippen LogP contribution is -2.41. The maximum absolute atomic E-state index is 11.4. The minimum Gasteiger partial charge on any atom is -0.335 e. The lowest BCUT2D eigenvalue weighted by Gasteiger charge is -2.13. The molecule has 0 bridgehead atoms. The zero-order chi connectivity index (χ0) is 11.3. The first kappa shape index (κ1) is 12.4. The first-order valence-corrected chi connectivity index (χ1v) is 6.62. The summed E-state index contributed by atoms with van der Waals surface area (Å²) in [6, 6.07) is 0.289. The predicted octanol–water partition coefficient (Wildman–Crippen LogP) is 2.15. The molecule has 0 aromatic heterocycles. The molecule has 86 valence electrons. The highest BCUT2D eigenvalue weighted by molar-refractivity contribution is 7.99. The summed E-state index contributed by atoms with van der Waals surface area (Å²) >= 11 is 1.90. The van der Waals surface area contributed by atoms with Gasteiger partial charge in [-0.1, -0.05) is 12.2 Å². The van der Waals surface area contributed by atoms with Crippen LogP contribution in [-0.4, -0.2) is 30.1 Å². The number of nitrogens with one attached hydrogen (secondary N) is 2. The van der Waals surface area contributed by atoms with Crippen molar-refractivity contribution in [1.29, 1.82) is 0 Å². The molecule has 2 N–H and O–H groups in total. The highest BCUT2D eigenvalue weighted by atomic mass is 32.2. The Hall–Kier alpha value is -0.640. The van der Waals surface area contributed by atoms with E-state index in [0.717, 1.165) is 23.7 Å². The number of hydrogen-bond acceptors (Lipinski definition) is 2. The molecule has 0 heterocycles. The van der Waals surface area contributed by atoms with E-state index >= 15 is 0 Å². The van der Waals surface area contributed by atoms with Crippen LogP contribution >= 0.6 is 11.8 Å². The van der Waals surface area contributed by atoms with Gasteiger partial charge in [-0.05, 0) is 32.4 Å². The fraction of sp³-hybridized carbons (Fsp3) is 0.727. The number of amides is 2. The minimum absolute atomic E-state index is 0.0650. The van der Waals surface area contributed by atoms with Crippen molar-refractivity contribution in [2.75, 3.05) is 12.8 Å². The van der Waals surface area contributed by atoms with Gasteiger partial charge in [-0.2, -0.15) is 11.8 Å². The van der Waals surface area contributed by atoms with Gasteiger partial charge in [0.25, 0.3) is 0 Å². The van der Waals surface area contributed by atoms with E-state index < -0.39 is 0 Å². The SMILES string of the molecule is C=C(C)CNC(=O)N[C@@H]1CC[C@@H](SC)C1. The third-order valence-corrected chi connectivity index (χ3v) is 3.70. The molecule has 0 aliphatic heterocycles. The highest BCUT2D eigenvalue weighted by Crippen LogP contribution is 2.27. The molecule has 0 aromatic rings. The van der Waals surface area contributed by atoms with E-state index in [1.54, 1.807) is 0 Å². The van der Waals surface area contributed by atoms with Crippen LogP contribution < -0.4 is 10.6 Å². The maximum atomic E-state index is 11.4. The fourth-order valence-corrected chi connectivity index (χ4v) is 2.55. The molecule has 0 spiro atoms. The zero-order valence-electron chi connectivity index (χ0n) is 9.51. The first-order valence-electron chi connectivity index (χ1n) is 5.33. The quantitative estimate of drug-likeness (QED) is 0.724. The van der Waals surface area contributed by atoms with Gasteiger partial charge in [-0.3, -0.25) is 0 Å². The van der Waals surface area contributed by atoms with Gasteiger partial charge >= 0.3 is 6.03 Å². The monoisotopic (exact) mass is 228 g/mol. The van der Waals surface area contributed by atoms with E-state index in [1.807, 2.05) is 18.7 Å². The highest BCUT2D eigenvalue weighted by Gasteiger charge is 2.24. The van der Waals surface area contributed by atoms with E-state index in [-0.39, 0.29) is 6.03 Å². The van der Waals surface area contributed by atoms with E-state index in [0.29, 0.717) is 12.6 Å². The number of carbonyl (C=O) groups excluding carboxylic acids is 1. The molecule has 2 atom stereocenters. The molecule has 0 unspecified atom stereocenters. The molecule has 1 saturated carbocycles. The number of carbonyl (C=O) groups is 1. The van der Waals surface area contributed by atoms with Gasteiger partial charge in [0.2, 0.25) is 0 Å². The number of urea groups is 1. The van der Waals surface area contributed by atoms with E-state index in [9.17, 15) is 4.79 Å². The Bertz CT molecular complexity index is 243. The summed E-state index contributed by atoms with van der Waals surface area (Å²) in [5.41, 5.74) is 0.971. The Balaban J connectivity index is 2.18. The maximum Gasteiger partial charge on any atom is 0.315 e. The van der Waals surface area contributed by atoms with Crippen LogP contribution in [-0.2, 0) is 0 Å². The molecule has 15 heavy (non-hydrogen) atoms. The number of thioether (sulfide) groups is 1. The van der Waals surface area contributed by atoms with Crippen molar-refractivity contribution in [1.82, 2.24) is 10.6 Å². The molecule has 2 amide bonds. The number of hydrogen-bond donors (Lipinski definition) is 2. The Morgan fingerprint density at radius 1 is 1.53 bits per heavy atom. The average molecular weight is 228 g/mol. The molecular weight excluding hydrogens is 208 g/mol. The van der Waals surface area contributed by atoms with Crippen LogP contribution in [0.2, 0.25) is 0 Å². The van der Waals surface area contributed by atoms with E-state index in [4.69, 9.17) is 0 Å². The Morgan fingerprint density at radius 2 is 2.27 bits per heavy atom. The molecule has 1 aliphatic rings. The van der Waals surface area contributed by atoms with Gasteiger partial charge in [0.1, 0.15) is 0 Å². The van der Waals surface area contributed by atoms with Gasteiger partial charge in [-0.15, -0.1) is 0 Å². The van der Waals surface area contributed by atoms with Crippen LogP contribution in [0.3, 0.4) is 0 Å². The summed E-state index contributed by atoms with van der Waals surface area (Å²) in [6.45, 7) is 6.20. The molecule has 1 fully saturated rings. The molecule has 0 radical (unpaired) electrons. The van der Waals surface area contributed by atoms with Gasteiger partial charge in [0.05, 0.1) is 0 Å².